The number of phenolic OH excluding ortho intramolecular Hbond substituents is 1. The van der Waals surface area contributed by atoms with E-state index in [1.54, 1.807) is 12.1 Å². The lowest BCUT2D eigenvalue weighted by atomic mass is 9.78. The van der Waals surface area contributed by atoms with Gasteiger partial charge in [0.1, 0.15) is 0 Å². The SMILES string of the molecule is COc1cc([C@H]2Nc3ccccc3NC3=C2C(=O)C[C@H](c2ccc(C)cc2)C3)ccc1O. The van der Waals surface area contributed by atoms with Crippen molar-refractivity contribution in [1.29, 1.82) is 0 Å². The Labute approximate surface area is 187 Å². The summed E-state index contributed by atoms with van der Waals surface area (Å²) >= 11 is 0. The molecule has 1 aliphatic heterocycles. The minimum atomic E-state index is -0.345. The van der Waals surface area contributed by atoms with Crippen LogP contribution >= 0.6 is 0 Å². The van der Waals surface area contributed by atoms with E-state index in [4.69, 9.17) is 4.74 Å². The van der Waals surface area contributed by atoms with Crippen LogP contribution in [-0.2, 0) is 4.79 Å². The first-order valence-electron chi connectivity index (χ1n) is 10.9. The second-order valence-corrected chi connectivity index (χ2v) is 8.51. The summed E-state index contributed by atoms with van der Waals surface area (Å²) < 4.78 is 5.33. The molecule has 3 aromatic rings. The maximum Gasteiger partial charge on any atom is 0.163 e. The van der Waals surface area contributed by atoms with Gasteiger partial charge in [0, 0.05) is 17.7 Å². The fraction of sp³-hybridized carbons (Fsp3) is 0.222. The number of para-hydroxylation sites is 2. The van der Waals surface area contributed by atoms with Crippen molar-refractivity contribution in [1.82, 2.24) is 0 Å². The molecule has 0 saturated carbocycles. The van der Waals surface area contributed by atoms with Gasteiger partial charge in [-0.15, -0.1) is 0 Å². The average molecular weight is 427 g/mol. The zero-order valence-electron chi connectivity index (χ0n) is 18.2. The first kappa shape index (κ1) is 20.2. The Morgan fingerprint density at radius 1 is 0.938 bits per heavy atom. The summed E-state index contributed by atoms with van der Waals surface area (Å²) in [7, 11) is 1.53. The molecule has 1 aliphatic carbocycles. The van der Waals surface area contributed by atoms with Crippen LogP contribution in [-0.4, -0.2) is 18.0 Å². The molecular formula is C27H26N2O3. The molecule has 0 spiro atoms. The standard InChI is InChI=1S/C27H26N2O3/c1-16-7-9-17(10-8-16)19-13-22-26(24(31)14-19)27(18-11-12-23(30)25(15-18)32-2)29-21-6-4-3-5-20(21)28-22/h3-12,15,19,27-30H,13-14H2,1-2H3/t19-,27-/m1/s1. The number of hydrogen-bond donors (Lipinski definition) is 3. The van der Waals surface area contributed by atoms with Crippen LogP contribution in [0.15, 0.2) is 78.0 Å². The summed E-state index contributed by atoms with van der Waals surface area (Å²) in [5, 5.41) is 17.2. The number of fused-ring (bicyclic) bond motifs is 1. The third-order valence-electron chi connectivity index (χ3n) is 6.39. The largest absolute Gasteiger partial charge is 0.504 e. The molecule has 0 saturated heterocycles. The summed E-state index contributed by atoms with van der Waals surface area (Å²) in [6, 6.07) is 21.4. The van der Waals surface area contributed by atoms with E-state index in [0.717, 1.165) is 34.6 Å². The minimum Gasteiger partial charge on any atom is -0.504 e. The highest BCUT2D eigenvalue weighted by atomic mass is 16.5. The third kappa shape index (κ3) is 3.60. The van der Waals surface area contributed by atoms with Gasteiger partial charge >= 0.3 is 0 Å². The molecule has 1 heterocycles. The summed E-state index contributed by atoms with van der Waals surface area (Å²) in [5.41, 5.74) is 6.84. The van der Waals surface area contributed by atoms with Gasteiger partial charge in [-0.2, -0.15) is 0 Å². The van der Waals surface area contributed by atoms with Crippen molar-refractivity contribution < 1.29 is 14.6 Å². The number of aryl methyl sites for hydroxylation is 1. The Kier molecular flexibility index (Phi) is 5.10. The maximum absolute atomic E-state index is 13.6. The topological polar surface area (TPSA) is 70.6 Å². The third-order valence-corrected chi connectivity index (χ3v) is 6.39. The summed E-state index contributed by atoms with van der Waals surface area (Å²) in [4.78, 5) is 13.6. The zero-order chi connectivity index (χ0) is 22.2. The monoisotopic (exact) mass is 426 g/mol. The first-order chi connectivity index (χ1) is 15.5. The second kappa shape index (κ2) is 8.08. The Morgan fingerprint density at radius 3 is 2.41 bits per heavy atom. The van der Waals surface area contributed by atoms with E-state index >= 15 is 0 Å². The highest BCUT2D eigenvalue weighted by Crippen LogP contribution is 2.45. The summed E-state index contributed by atoms with van der Waals surface area (Å²) in [6.45, 7) is 2.07. The van der Waals surface area contributed by atoms with Crippen LogP contribution < -0.4 is 15.4 Å². The number of nitrogens with one attached hydrogen (secondary N) is 2. The number of ketones is 1. The normalized spacial score (nSPS) is 19.9. The smallest absolute Gasteiger partial charge is 0.163 e. The van der Waals surface area contributed by atoms with Crippen molar-refractivity contribution in [2.45, 2.75) is 31.7 Å². The fourth-order valence-electron chi connectivity index (χ4n) is 4.69. The van der Waals surface area contributed by atoms with E-state index < -0.39 is 0 Å². The number of allylic oxidation sites excluding steroid dienone is 1. The lowest BCUT2D eigenvalue weighted by Gasteiger charge is -2.30. The van der Waals surface area contributed by atoms with Gasteiger partial charge in [-0.1, -0.05) is 48.0 Å². The van der Waals surface area contributed by atoms with Gasteiger partial charge in [0.2, 0.25) is 0 Å². The number of Topliss-reactive ketones (excluding diaryl/α,β-unsaturated/α-hetero) is 1. The Hall–Kier alpha value is -3.73. The molecule has 0 fully saturated rings. The molecule has 5 heteroatoms. The van der Waals surface area contributed by atoms with E-state index in [-0.39, 0.29) is 23.5 Å². The molecule has 162 valence electrons. The highest BCUT2D eigenvalue weighted by Gasteiger charge is 2.36. The molecule has 0 radical (unpaired) electrons. The quantitative estimate of drug-likeness (QED) is 0.502. The van der Waals surface area contributed by atoms with Gasteiger partial charge in [-0.3, -0.25) is 4.79 Å². The molecule has 0 amide bonds. The van der Waals surface area contributed by atoms with Crippen molar-refractivity contribution in [3.05, 3.63) is 94.7 Å². The molecule has 5 rings (SSSR count). The molecule has 0 aromatic heterocycles. The van der Waals surface area contributed by atoms with Crippen LogP contribution in [0, 0.1) is 6.92 Å². The van der Waals surface area contributed by atoms with Crippen LogP contribution in [0.3, 0.4) is 0 Å². The lowest BCUT2D eigenvalue weighted by Crippen LogP contribution is -2.26. The van der Waals surface area contributed by atoms with Crippen LogP contribution in [0.1, 0.15) is 41.5 Å². The number of methoxy groups -OCH3 is 1. The minimum absolute atomic E-state index is 0.0759. The Balaban J connectivity index is 1.61. The molecule has 0 bridgehead atoms. The van der Waals surface area contributed by atoms with E-state index in [1.807, 2.05) is 30.3 Å². The highest BCUT2D eigenvalue weighted by molar-refractivity contribution is 6.01. The Bertz CT molecular complexity index is 1210. The molecular weight excluding hydrogens is 400 g/mol. The van der Waals surface area contributed by atoms with Gasteiger partial charge in [0.25, 0.3) is 0 Å². The number of rotatable bonds is 3. The molecule has 2 aliphatic rings. The number of hydrogen-bond acceptors (Lipinski definition) is 5. The van der Waals surface area contributed by atoms with E-state index in [1.165, 1.54) is 18.2 Å². The second-order valence-electron chi connectivity index (χ2n) is 8.51. The number of ether oxygens (including phenoxy) is 1. The molecule has 3 aromatic carbocycles. The molecule has 32 heavy (non-hydrogen) atoms. The van der Waals surface area contributed by atoms with E-state index in [2.05, 4.69) is 41.8 Å². The van der Waals surface area contributed by atoms with Gasteiger partial charge in [-0.25, -0.2) is 0 Å². The summed E-state index contributed by atoms with van der Waals surface area (Å²) in [5.74, 6) is 0.723. The lowest BCUT2D eigenvalue weighted by molar-refractivity contribution is -0.116. The molecule has 2 atom stereocenters. The van der Waals surface area contributed by atoms with Crippen LogP contribution in [0.5, 0.6) is 11.5 Å². The predicted octanol–water partition coefficient (Wildman–Crippen LogP) is 5.69. The average Bonchev–Trinajstić information content (AvgIpc) is 2.97. The maximum atomic E-state index is 13.6. The van der Waals surface area contributed by atoms with Crippen molar-refractivity contribution in [2.24, 2.45) is 0 Å². The molecule has 0 unspecified atom stereocenters. The van der Waals surface area contributed by atoms with Crippen molar-refractivity contribution in [2.75, 3.05) is 17.7 Å². The first-order valence-corrected chi connectivity index (χ1v) is 10.9. The number of phenols is 1. The number of carbonyl (C=O) groups excluding carboxylic acids is 1. The number of anilines is 2. The zero-order valence-corrected chi connectivity index (χ0v) is 18.2. The summed E-state index contributed by atoms with van der Waals surface area (Å²) in [6.07, 6.45) is 1.22. The van der Waals surface area contributed by atoms with Crippen LogP contribution in [0.25, 0.3) is 0 Å². The van der Waals surface area contributed by atoms with Gasteiger partial charge in [0.05, 0.1) is 24.5 Å². The van der Waals surface area contributed by atoms with Gasteiger partial charge < -0.3 is 20.5 Å². The number of carbonyl (C=O) groups is 1. The molecule has 5 nitrogen and oxygen atoms in total. The van der Waals surface area contributed by atoms with Crippen LogP contribution in [0.2, 0.25) is 0 Å². The van der Waals surface area contributed by atoms with Crippen molar-refractivity contribution in [3.63, 3.8) is 0 Å². The van der Waals surface area contributed by atoms with Crippen molar-refractivity contribution in [3.8, 4) is 11.5 Å². The van der Waals surface area contributed by atoms with Crippen molar-refractivity contribution >= 4 is 17.2 Å². The van der Waals surface area contributed by atoms with E-state index in [9.17, 15) is 9.90 Å². The predicted molar refractivity (Wildman–Crippen MR) is 126 cm³/mol. The Morgan fingerprint density at radius 2 is 1.66 bits per heavy atom. The fourth-order valence-corrected chi connectivity index (χ4v) is 4.69. The van der Waals surface area contributed by atoms with E-state index in [0.29, 0.717) is 12.2 Å². The molecule has 3 N–H and O–H groups in total. The van der Waals surface area contributed by atoms with Crippen LogP contribution in [0.4, 0.5) is 11.4 Å². The van der Waals surface area contributed by atoms with Gasteiger partial charge in [-0.05, 0) is 54.7 Å². The van der Waals surface area contributed by atoms with Gasteiger partial charge in [0.15, 0.2) is 17.3 Å². The number of aromatic hydroxyl groups is 1. The number of benzene rings is 3.